The number of nitrogens with one attached hydrogen (secondary N) is 1. The van der Waals surface area contributed by atoms with E-state index >= 15 is 0 Å². The molecule has 0 spiro atoms. The minimum Gasteiger partial charge on any atom is -0.317 e. The molecule has 90 valence electrons. The van der Waals surface area contributed by atoms with Crippen LogP contribution in [0, 0.1) is 5.92 Å². The molecule has 0 aromatic heterocycles. The van der Waals surface area contributed by atoms with Gasteiger partial charge in [-0.25, -0.2) is 0 Å². The molecule has 1 N–H and O–H groups in total. The van der Waals surface area contributed by atoms with E-state index in [1.807, 2.05) is 12.1 Å². The van der Waals surface area contributed by atoms with Crippen LogP contribution in [0.15, 0.2) is 18.2 Å². The first-order valence-corrected chi connectivity index (χ1v) is 6.54. The van der Waals surface area contributed by atoms with Crippen LogP contribution in [0.1, 0.15) is 25.8 Å². The molecule has 1 aromatic rings. The van der Waals surface area contributed by atoms with Gasteiger partial charge in [-0.15, -0.1) is 0 Å². The van der Waals surface area contributed by atoms with Gasteiger partial charge in [-0.2, -0.15) is 0 Å². The molecule has 1 nitrogen and oxygen atoms in total. The predicted molar refractivity (Wildman–Crippen MR) is 72.5 cm³/mol. The van der Waals surface area contributed by atoms with Gasteiger partial charge in [0, 0.05) is 0 Å². The van der Waals surface area contributed by atoms with Crippen LogP contribution in [0.25, 0.3) is 0 Å². The molecular formula is C13H19Cl2N. The van der Waals surface area contributed by atoms with Crippen LogP contribution in [0.4, 0.5) is 0 Å². The average molecular weight is 260 g/mol. The van der Waals surface area contributed by atoms with Gasteiger partial charge in [-0.1, -0.05) is 49.2 Å². The number of halogens is 2. The normalized spacial score (nSPS) is 12.8. The fourth-order valence-corrected chi connectivity index (χ4v) is 2.11. The maximum Gasteiger partial charge on any atom is 0.0624 e. The third-order valence-electron chi connectivity index (χ3n) is 2.66. The minimum atomic E-state index is 0.620. The van der Waals surface area contributed by atoms with Crippen molar-refractivity contribution in [2.45, 2.75) is 26.7 Å². The van der Waals surface area contributed by atoms with Gasteiger partial charge in [-0.05, 0) is 43.5 Å². The first-order valence-electron chi connectivity index (χ1n) is 5.78. The lowest BCUT2D eigenvalue weighted by Gasteiger charge is -2.13. The van der Waals surface area contributed by atoms with Gasteiger partial charge in [0.15, 0.2) is 0 Å². The predicted octanol–water partition coefficient (Wildman–Crippen LogP) is 4.17. The highest BCUT2D eigenvalue weighted by molar-refractivity contribution is 6.42. The monoisotopic (exact) mass is 259 g/mol. The van der Waals surface area contributed by atoms with Crippen LogP contribution in [-0.2, 0) is 6.42 Å². The summed E-state index contributed by atoms with van der Waals surface area (Å²) < 4.78 is 0. The van der Waals surface area contributed by atoms with Gasteiger partial charge >= 0.3 is 0 Å². The summed E-state index contributed by atoms with van der Waals surface area (Å²) in [5, 5.41) is 4.69. The molecule has 0 radical (unpaired) electrons. The Morgan fingerprint density at radius 2 is 2.06 bits per heavy atom. The molecule has 1 unspecified atom stereocenters. The van der Waals surface area contributed by atoms with Gasteiger partial charge in [0.1, 0.15) is 0 Å². The van der Waals surface area contributed by atoms with E-state index in [2.05, 4.69) is 25.2 Å². The van der Waals surface area contributed by atoms with Crippen molar-refractivity contribution in [3.05, 3.63) is 33.8 Å². The van der Waals surface area contributed by atoms with E-state index < -0.39 is 0 Å². The SMILES string of the molecule is CCNCCC(C)Cc1cccc(Cl)c1Cl. The summed E-state index contributed by atoms with van der Waals surface area (Å²) >= 11 is 12.1. The van der Waals surface area contributed by atoms with Crippen molar-refractivity contribution in [3.8, 4) is 0 Å². The van der Waals surface area contributed by atoms with Gasteiger partial charge in [0.2, 0.25) is 0 Å². The highest BCUT2D eigenvalue weighted by Gasteiger charge is 2.08. The Bertz CT molecular complexity index is 326. The molecule has 3 heteroatoms. The van der Waals surface area contributed by atoms with Crippen LogP contribution in [-0.4, -0.2) is 13.1 Å². The molecule has 1 atom stereocenters. The average Bonchev–Trinajstić information content (AvgIpc) is 2.25. The van der Waals surface area contributed by atoms with Crippen LogP contribution in [0.3, 0.4) is 0 Å². The summed E-state index contributed by atoms with van der Waals surface area (Å²) in [7, 11) is 0. The zero-order valence-electron chi connectivity index (χ0n) is 9.89. The molecule has 0 bridgehead atoms. The molecule has 0 saturated carbocycles. The maximum atomic E-state index is 6.15. The second-order valence-corrected chi connectivity index (χ2v) is 4.95. The van der Waals surface area contributed by atoms with Crippen molar-refractivity contribution in [1.82, 2.24) is 5.32 Å². The lowest BCUT2D eigenvalue weighted by Crippen LogP contribution is -2.17. The van der Waals surface area contributed by atoms with Crippen molar-refractivity contribution < 1.29 is 0 Å². The minimum absolute atomic E-state index is 0.620. The quantitative estimate of drug-likeness (QED) is 0.757. The number of benzene rings is 1. The molecular weight excluding hydrogens is 241 g/mol. The lowest BCUT2D eigenvalue weighted by molar-refractivity contribution is 0.504. The zero-order chi connectivity index (χ0) is 12.0. The Balaban J connectivity index is 2.49. The molecule has 0 aliphatic heterocycles. The van der Waals surface area contributed by atoms with E-state index in [1.165, 1.54) is 0 Å². The Labute approximate surface area is 108 Å². The Morgan fingerprint density at radius 3 is 2.75 bits per heavy atom. The fraction of sp³-hybridized carbons (Fsp3) is 0.538. The first-order chi connectivity index (χ1) is 7.65. The van der Waals surface area contributed by atoms with Crippen LogP contribution in [0.5, 0.6) is 0 Å². The molecule has 0 heterocycles. The van der Waals surface area contributed by atoms with Gasteiger partial charge in [-0.3, -0.25) is 0 Å². The molecule has 0 saturated heterocycles. The Hall–Kier alpha value is -0.240. The fourth-order valence-electron chi connectivity index (χ4n) is 1.71. The van der Waals surface area contributed by atoms with E-state index in [4.69, 9.17) is 23.2 Å². The van der Waals surface area contributed by atoms with Gasteiger partial charge in [0.25, 0.3) is 0 Å². The molecule has 0 amide bonds. The van der Waals surface area contributed by atoms with Crippen molar-refractivity contribution in [3.63, 3.8) is 0 Å². The summed E-state index contributed by atoms with van der Waals surface area (Å²) in [6.07, 6.45) is 2.15. The topological polar surface area (TPSA) is 12.0 Å². The van der Waals surface area contributed by atoms with E-state index in [0.717, 1.165) is 31.5 Å². The number of rotatable bonds is 6. The van der Waals surface area contributed by atoms with Crippen LogP contribution >= 0.6 is 23.2 Å². The van der Waals surface area contributed by atoms with Crippen molar-refractivity contribution >= 4 is 23.2 Å². The van der Waals surface area contributed by atoms with E-state index in [1.54, 1.807) is 0 Å². The largest absolute Gasteiger partial charge is 0.317 e. The van der Waals surface area contributed by atoms with Crippen LogP contribution < -0.4 is 5.32 Å². The van der Waals surface area contributed by atoms with Crippen LogP contribution in [0.2, 0.25) is 10.0 Å². The Kier molecular flexibility index (Phi) is 6.18. The summed E-state index contributed by atoms with van der Waals surface area (Å²) in [6.45, 7) is 6.47. The number of hydrogen-bond donors (Lipinski definition) is 1. The second-order valence-electron chi connectivity index (χ2n) is 4.16. The highest BCUT2D eigenvalue weighted by Crippen LogP contribution is 2.27. The van der Waals surface area contributed by atoms with Crippen molar-refractivity contribution in [2.24, 2.45) is 5.92 Å². The third-order valence-corrected chi connectivity index (χ3v) is 3.52. The van der Waals surface area contributed by atoms with Crippen molar-refractivity contribution in [2.75, 3.05) is 13.1 Å². The summed E-state index contributed by atoms with van der Waals surface area (Å²) in [5.74, 6) is 0.620. The summed E-state index contributed by atoms with van der Waals surface area (Å²) in [6, 6.07) is 5.84. The zero-order valence-corrected chi connectivity index (χ0v) is 11.4. The summed E-state index contributed by atoms with van der Waals surface area (Å²) in [4.78, 5) is 0. The number of hydrogen-bond acceptors (Lipinski definition) is 1. The third kappa shape index (κ3) is 4.32. The second kappa shape index (κ2) is 7.16. The van der Waals surface area contributed by atoms with Crippen molar-refractivity contribution in [1.29, 1.82) is 0 Å². The van der Waals surface area contributed by atoms with Gasteiger partial charge < -0.3 is 5.32 Å². The molecule has 0 fully saturated rings. The highest BCUT2D eigenvalue weighted by atomic mass is 35.5. The van der Waals surface area contributed by atoms with E-state index in [-0.39, 0.29) is 0 Å². The first kappa shape index (κ1) is 13.8. The molecule has 0 aliphatic carbocycles. The lowest BCUT2D eigenvalue weighted by atomic mass is 9.98. The van der Waals surface area contributed by atoms with E-state index in [0.29, 0.717) is 16.0 Å². The molecule has 1 aromatic carbocycles. The van der Waals surface area contributed by atoms with Gasteiger partial charge in [0.05, 0.1) is 10.0 Å². The standard InChI is InChI=1S/C13H19Cl2N/c1-3-16-8-7-10(2)9-11-5-4-6-12(14)13(11)15/h4-6,10,16H,3,7-9H2,1-2H3. The van der Waals surface area contributed by atoms with E-state index in [9.17, 15) is 0 Å². The molecule has 1 rings (SSSR count). The molecule has 0 aliphatic rings. The Morgan fingerprint density at radius 1 is 1.31 bits per heavy atom. The maximum absolute atomic E-state index is 6.15. The molecule has 16 heavy (non-hydrogen) atoms. The summed E-state index contributed by atoms with van der Waals surface area (Å²) in [5.41, 5.74) is 1.15. The smallest absolute Gasteiger partial charge is 0.0624 e.